The third-order valence-electron chi connectivity index (χ3n) is 3.68. The van der Waals surface area contributed by atoms with Crippen LogP contribution in [-0.2, 0) is 19.7 Å². The highest BCUT2D eigenvalue weighted by Crippen LogP contribution is 2.26. The van der Waals surface area contributed by atoms with Crippen molar-refractivity contribution in [2.24, 2.45) is 0 Å². The van der Waals surface area contributed by atoms with Crippen molar-refractivity contribution in [2.75, 3.05) is 0 Å². The van der Waals surface area contributed by atoms with Crippen LogP contribution >= 0.6 is 27.5 Å². The number of ether oxygens (including phenoxy) is 1. The lowest BCUT2D eigenvalue weighted by Gasteiger charge is -2.06. The Kier molecular flexibility index (Phi) is 6.18. The topological polar surface area (TPSA) is 69.3 Å². The molecule has 1 amide bonds. The van der Waals surface area contributed by atoms with Crippen LogP contribution in [0.15, 0.2) is 45.4 Å². The minimum absolute atomic E-state index is 0.0606. The Balaban J connectivity index is 1.56. The molecule has 0 bridgehead atoms. The SMILES string of the molecule is CCn1cc(Br)c(CNC(=O)c2ccc(COc3ccc(F)cc3Cl)o2)n1. The van der Waals surface area contributed by atoms with Crippen LogP contribution in [0.4, 0.5) is 4.39 Å². The number of amides is 1. The summed E-state index contributed by atoms with van der Waals surface area (Å²) >= 11 is 9.32. The minimum atomic E-state index is -0.445. The third-order valence-corrected chi connectivity index (χ3v) is 4.63. The van der Waals surface area contributed by atoms with Gasteiger partial charge in [0.25, 0.3) is 5.91 Å². The molecule has 0 atom stereocenters. The monoisotopic (exact) mass is 455 g/mol. The smallest absolute Gasteiger partial charge is 0.287 e. The van der Waals surface area contributed by atoms with Gasteiger partial charge in [0.15, 0.2) is 5.76 Å². The second kappa shape index (κ2) is 8.58. The Hall–Kier alpha value is -2.32. The van der Waals surface area contributed by atoms with Crippen molar-refractivity contribution in [3.8, 4) is 5.75 Å². The fraction of sp³-hybridized carbons (Fsp3) is 0.222. The van der Waals surface area contributed by atoms with Crippen molar-refractivity contribution >= 4 is 33.4 Å². The van der Waals surface area contributed by atoms with Gasteiger partial charge in [-0.1, -0.05) is 11.6 Å². The van der Waals surface area contributed by atoms with E-state index in [0.717, 1.165) is 22.8 Å². The highest BCUT2D eigenvalue weighted by Gasteiger charge is 2.14. The molecule has 3 rings (SSSR count). The number of benzene rings is 1. The number of aryl methyl sites for hydroxylation is 1. The fourth-order valence-electron chi connectivity index (χ4n) is 2.29. The van der Waals surface area contributed by atoms with Crippen molar-refractivity contribution in [3.05, 3.63) is 69.1 Å². The Labute approximate surface area is 168 Å². The van der Waals surface area contributed by atoms with Crippen LogP contribution in [0.3, 0.4) is 0 Å². The zero-order chi connectivity index (χ0) is 19.4. The van der Waals surface area contributed by atoms with Crippen LogP contribution in [0.1, 0.15) is 28.9 Å². The number of rotatable bonds is 7. The van der Waals surface area contributed by atoms with Gasteiger partial charge in [0.05, 0.1) is 21.7 Å². The first-order valence-electron chi connectivity index (χ1n) is 8.13. The van der Waals surface area contributed by atoms with Crippen LogP contribution in [0.2, 0.25) is 5.02 Å². The van der Waals surface area contributed by atoms with Crippen LogP contribution < -0.4 is 10.1 Å². The first-order valence-corrected chi connectivity index (χ1v) is 9.30. The summed E-state index contributed by atoms with van der Waals surface area (Å²) in [6.07, 6.45) is 1.85. The summed E-state index contributed by atoms with van der Waals surface area (Å²) < 4.78 is 26.6. The molecule has 142 valence electrons. The van der Waals surface area contributed by atoms with Gasteiger partial charge in [0, 0.05) is 12.7 Å². The molecule has 3 aromatic rings. The molecule has 6 nitrogen and oxygen atoms in total. The van der Waals surface area contributed by atoms with Crippen molar-refractivity contribution < 1.29 is 18.3 Å². The van der Waals surface area contributed by atoms with Crippen molar-refractivity contribution in [3.63, 3.8) is 0 Å². The molecule has 0 unspecified atom stereocenters. The molecule has 1 aromatic carbocycles. The van der Waals surface area contributed by atoms with Gasteiger partial charge in [-0.3, -0.25) is 9.48 Å². The molecular weight excluding hydrogens is 441 g/mol. The zero-order valence-electron chi connectivity index (χ0n) is 14.3. The maximum absolute atomic E-state index is 13.0. The molecular formula is C18H16BrClFN3O3. The van der Waals surface area contributed by atoms with Gasteiger partial charge in [-0.15, -0.1) is 0 Å². The lowest BCUT2D eigenvalue weighted by Crippen LogP contribution is -2.22. The minimum Gasteiger partial charge on any atom is -0.484 e. The van der Waals surface area contributed by atoms with E-state index >= 15 is 0 Å². The molecule has 0 spiro atoms. The number of hydrogen-bond acceptors (Lipinski definition) is 4. The van der Waals surface area contributed by atoms with Crippen LogP contribution in [0, 0.1) is 5.82 Å². The number of hydrogen-bond donors (Lipinski definition) is 1. The van der Waals surface area contributed by atoms with Crippen LogP contribution in [0.25, 0.3) is 0 Å². The number of nitrogens with one attached hydrogen (secondary N) is 1. The summed E-state index contributed by atoms with van der Waals surface area (Å²) in [4.78, 5) is 12.2. The van der Waals surface area contributed by atoms with Gasteiger partial charge in [-0.2, -0.15) is 5.10 Å². The maximum Gasteiger partial charge on any atom is 0.287 e. The van der Waals surface area contributed by atoms with Gasteiger partial charge in [0.2, 0.25) is 0 Å². The van der Waals surface area contributed by atoms with E-state index in [1.165, 1.54) is 12.1 Å². The second-order valence-electron chi connectivity index (χ2n) is 5.59. The van der Waals surface area contributed by atoms with Crippen LogP contribution in [0.5, 0.6) is 5.75 Å². The molecule has 0 saturated heterocycles. The van der Waals surface area contributed by atoms with Crippen LogP contribution in [-0.4, -0.2) is 15.7 Å². The predicted molar refractivity (Wildman–Crippen MR) is 101 cm³/mol. The molecule has 0 radical (unpaired) electrons. The Morgan fingerprint density at radius 3 is 2.93 bits per heavy atom. The number of carbonyl (C=O) groups excluding carboxylic acids is 1. The van der Waals surface area contributed by atoms with E-state index < -0.39 is 5.82 Å². The molecule has 9 heteroatoms. The molecule has 0 aliphatic heterocycles. The quantitative estimate of drug-likeness (QED) is 0.566. The van der Waals surface area contributed by atoms with Gasteiger partial charge < -0.3 is 14.5 Å². The number of nitrogens with zero attached hydrogens (tertiary/aromatic N) is 2. The van der Waals surface area contributed by atoms with E-state index in [1.54, 1.807) is 16.8 Å². The summed E-state index contributed by atoms with van der Waals surface area (Å²) in [5, 5.41) is 7.26. The molecule has 27 heavy (non-hydrogen) atoms. The van der Waals surface area contributed by atoms with Gasteiger partial charge in [-0.25, -0.2) is 4.39 Å². The summed E-state index contributed by atoms with van der Waals surface area (Å²) in [7, 11) is 0. The highest BCUT2D eigenvalue weighted by molar-refractivity contribution is 9.10. The Morgan fingerprint density at radius 1 is 1.41 bits per heavy atom. The summed E-state index contributed by atoms with van der Waals surface area (Å²) in [5.74, 6) is 0.123. The maximum atomic E-state index is 13.0. The summed E-state index contributed by atoms with van der Waals surface area (Å²) in [6, 6.07) is 7.03. The Morgan fingerprint density at radius 2 is 2.22 bits per heavy atom. The summed E-state index contributed by atoms with van der Waals surface area (Å²) in [6.45, 7) is 3.05. The molecule has 0 fully saturated rings. The van der Waals surface area contributed by atoms with E-state index in [4.69, 9.17) is 20.8 Å². The molecule has 0 aliphatic carbocycles. The van der Waals surface area contributed by atoms with Crippen molar-refractivity contribution in [1.29, 1.82) is 0 Å². The van der Waals surface area contributed by atoms with E-state index in [1.807, 2.05) is 13.1 Å². The number of aromatic nitrogens is 2. The number of carbonyl (C=O) groups is 1. The predicted octanol–water partition coefficient (Wildman–Crippen LogP) is 4.56. The van der Waals surface area contributed by atoms with Crippen molar-refractivity contribution in [1.82, 2.24) is 15.1 Å². The first-order chi connectivity index (χ1) is 13.0. The van der Waals surface area contributed by atoms with Gasteiger partial charge >= 0.3 is 0 Å². The van der Waals surface area contributed by atoms with E-state index in [9.17, 15) is 9.18 Å². The molecule has 0 aliphatic rings. The number of halogens is 3. The molecule has 2 heterocycles. The number of furan rings is 1. The standard InChI is InChI=1S/C18H16BrClFN3O3/c1-2-24-9-13(19)15(23-24)8-22-18(25)17-6-4-12(27-17)10-26-16-5-3-11(21)7-14(16)20/h3-7,9H,2,8,10H2,1H3,(H,22,25). The lowest BCUT2D eigenvalue weighted by molar-refractivity contribution is 0.0918. The van der Waals surface area contributed by atoms with E-state index in [2.05, 4.69) is 26.3 Å². The van der Waals surface area contributed by atoms with E-state index in [-0.39, 0.29) is 29.8 Å². The van der Waals surface area contributed by atoms with E-state index in [0.29, 0.717) is 11.5 Å². The summed E-state index contributed by atoms with van der Waals surface area (Å²) in [5.41, 5.74) is 0.728. The third kappa shape index (κ3) is 4.90. The fourth-order valence-corrected chi connectivity index (χ4v) is 2.97. The second-order valence-corrected chi connectivity index (χ2v) is 6.85. The molecule has 2 aromatic heterocycles. The van der Waals surface area contributed by atoms with Gasteiger partial charge in [-0.05, 0) is 53.2 Å². The Bertz CT molecular complexity index is 957. The van der Waals surface area contributed by atoms with Gasteiger partial charge in [0.1, 0.15) is 23.9 Å². The highest BCUT2D eigenvalue weighted by atomic mass is 79.9. The largest absolute Gasteiger partial charge is 0.484 e. The normalized spacial score (nSPS) is 10.8. The first kappa shape index (κ1) is 19.4. The zero-order valence-corrected chi connectivity index (χ0v) is 16.7. The average molecular weight is 457 g/mol. The van der Waals surface area contributed by atoms with Crippen molar-refractivity contribution in [2.45, 2.75) is 26.6 Å². The average Bonchev–Trinajstić information content (AvgIpc) is 3.25. The lowest BCUT2D eigenvalue weighted by atomic mass is 10.3. The molecule has 1 N–H and O–H groups in total. The molecule has 0 saturated carbocycles.